The Hall–Kier alpha value is -1.69. The maximum absolute atomic E-state index is 5.47. The molecular weight excluding hydrogens is 218 g/mol. The average molecular weight is 235 g/mol. The second-order valence-corrected chi connectivity index (χ2v) is 3.89. The molecule has 0 saturated carbocycles. The van der Waals surface area contributed by atoms with Gasteiger partial charge in [-0.2, -0.15) is 0 Å². The Balaban J connectivity index is 1.87. The Morgan fingerprint density at radius 2 is 2.18 bits per heavy atom. The topological polar surface area (TPSA) is 68.8 Å². The van der Waals surface area contributed by atoms with Crippen molar-refractivity contribution in [3.63, 3.8) is 0 Å². The molecule has 0 saturated heterocycles. The third kappa shape index (κ3) is 2.71. The molecular formula is C11H17N5O. The molecule has 0 radical (unpaired) electrons. The van der Waals surface area contributed by atoms with E-state index in [1.165, 1.54) is 0 Å². The number of aromatic nitrogens is 4. The molecule has 0 aliphatic heterocycles. The quantitative estimate of drug-likeness (QED) is 0.843. The Morgan fingerprint density at radius 1 is 1.35 bits per heavy atom. The largest absolute Gasteiger partial charge is 0.444 e. The van der Waals surface area contributed by atoms with Crippen molar-refractivity contribution in [1.82, 2.24) is 25.1 Å². The molecule has 0 aliphatic carbocycles. The van der Waals surface area contributed by atoms with Crippen molar-refractivity contribution in [3.05, 3.63) is 29.5 Å². The van der Waals surface area contributed by atoms with Gasteiger partial charge in [0.05, 0.1) is 18.8 Å². The van der Waals surface area contributed by atoms with Gasteiger partial charge < -0.3 is 14.3 Å². The molecule has 0 aromatic carbocycles. The molecule has 0 bridgehead atoms. The van der Waals surface area contributed by atoms with Crippen LogP contribution in [0.25, 0.3) is 0 Å². The van der Waals surface area contributed by atoms with Crippen LogP contribution in [0.2, 0.25) is 0 Å². The van der Waals surface area contributed by atoms with Gasteiger partial charge in [0.15, 0.2) is 0 Å². The Kier molecular flexibility index (Phi) is 3.53. The second kappa shape index (κ2) is 5.09. The normalized spacial score (nSPS) is 11.0. The molecule has 1 N–H and O–H groups in total. The average Bonchev–Trinajstić information content (AvgIpc) is 2.87. The minimum atomic E-state index is 0.602. The van der Waals surface area contributed by atoms with Gasteiger partial charge in [0.2, 0.25) is 5.89 Å². The van der Waals surface area contributed by atoms with E-state index >= 15 is 0 Å². The van der Waals surface area contributed by atoms with Crippen molar-refractivity contribution in [2.24, 2.45) is 0 Å². The van der Waals surface area contributed by atoms with Gasteiger partial charge in [-0.3, -0.25) is 0 Å². The smallest absolute Gasteiger partial charge is 0.208 e. The van der Waals surface area contributed by atoms with Gasteiger partial charge in [-0.15, -0.1) is 10.2 Å². The highest BCUT2D eigenvalue weighted by Crippen LogP contribution is 2.07. The summed E-state index contributed by atoms with van der Waals surface area (Å²) in [5.41, 5.74) is 0.943. The minimum Gasteiger partial charge on any atom is -0.444 e. The fourth-order valence-corrected chi connectivity index (χ4v) is 1.58. The Bertz CT molecular complexity index is 468. The molecule has 2 heterocycles. The lowest BCUT2D eigenvalue weighted by Crippen LogP contribution is -2.16. The van der Waals surface area contributed by atoms with E-state index in [9.17, 15) is 0 Å². The van der Waals surface area contributed by atoms with Gasteiger partial charge in [-0.05, 0) is 20.8 Å². The molecule has 0 spiro atoms. The van der Waals surface area contributed by atoms with E-state index in [1.807, 2.05) is 18.4 Å². The standard InChI is InChI=1S/C11H17N5O/c1-4-16-7-13-15-10(16)5-12-6-11-14-8(2)9(3)17-11/h7,12H,4-6H2,1-3H3. The number of hydrogen-bond acceptors (Lipinski definition) is 5. The number of oxazole rings is 1. The summed E-state index contributed by atoms with van der Waals surface area (Å²) < 4.78 is 7.47. The first kappa shape index (κ1) is 11.8. The van der Waals surface area contributed by atoms with Crippen molar-refractivity contribution in [2.45, 2.75) is 40.4 Å². The number of aryl methyl sites for hydroxylation is 3. The second-order valence-electron chi connectivity index (χ2n) is 3.89. The molecule has 0 fully saturated rings. The Labute approximate surface area is 100 Å². The number of hydrogen-bond donors (Lipinski definition) is 1. The van der Waals surface area contributed by atoms with Crippen LogP contribution in [0.5, 0.6) is 0 Å². The maximum Gasteiger partial charge on any atom is 0.208 e. The fraction of sp³-hybridized carbons (Fsp3) is 0.545. The Morgan fingerprint density at radius 3 is 2.82 bits per heavy atom. The zero-order valence-electron chi connectivity index (χ0n) is 10.4. The van der Waals surface area contributed by atoms with E-state index < -0.39 is 0 Å². The van der Waals surface area contributed by atoms with Crippen LogP contribution in [0.1, 0.15) is 30.1 Å². The highest BCUT2D eigenvalue weighted by molar-refractivity contribution is 5.05. The van der Waals surface area contributed by atoms with Crippen LogP contribution < -0.4 is 5.32 Å². The first-order chi connectivity index (χ1) is 8.20. The van der Waals surface area contributed by atoms with Crippen molar-refractivity contribution < 1.29 is 4.42 Å². The summed E-state index contributed by atoms with van der Waals surface area (Å²) in [4.78, 5) is 4.30. The molecule has 0 unspecified atom stereocenters. The number of nitrogens with zero attached hydrogens (tertiary/aromatic N) is 4. The third-order valence-electron chi connectivity index (χ3n) is 2.67. The molecule has 0 aliphatic rings. The first-order valence-electron chi connectivity index (χ1n) is 5.71. The molecule has 2 aromatic rings. The highest BCUT2D eigenvalue weighted by Gasteiger charge is 2.06. The lowest BCUT2D eigenvalue weighted by Gasteiger charge is -2.03. The first-order valence-corrected chi connectivity index (χ1v) is 5.71. The lowest BCUT2D eigenvalue weighted by atomic mass is 10.4. The van der Waals surface area contributed by atoms with Gasteiger partial charge in [0.1, 0.15) is 17.9 Å². The number of rotatable bonds is 5. The van der Waals surface area contributed by atoms with E-state index in [-0.39, 0.29) is 0 Å². The van der Waals surface area contributed by atoms with Crippen LogP contribution in [0.15, 0.2) is 10.7 Å². The molecule has 0 amide bonds. The molecule has 92 valence electrons. The number of nitrogens with one attached hydrogen (secondary N) is 1. The van der Waals surface area contributed by atoms with Crippen LogP contribution in [0, 0.1) is 13.8 Å². The van der Waals surface area contributed by atoms with Crippen LogP contribution in [-0.4, -0.2) is 19.7 Å². The van der Waals surface area contributed by atoms with Crippen LogP contribution in [0.4, 0.5) is 0 Å². The highest BCUT2D eigenvalue weighted by atomic mass is 16.4. The van der Waals surface area contributed by atoms with E-state index in [0.717, 1.165) is 23.8 Å². The van der Waals surface area contributed by atoms with Crippen molar-refractivity contribution >= 4 is 0 Å². The summed E-state index contributed by atoms with van der Waals surface area (Å²) >= 11 is 0. The van der Waals surface area contributed by atoms with Crippen LogP contribution in [-0.2, 0) is 19.6 Å². The fourth-order valence-electron chi connectivity index (χ4n) is 1.58. The van der Waals surface area contributed by atoms with Gasteiger partial charge in [0.25, 0.3) is 0 Å². The molecule has 6 nitrogen and oxygen atoms in total. The summed E-state index contributed by atoms with van der Waals surface area (Å²) in [7, 11) is 0. The minimum absolute atomic E-state index is 0.602. The summed E-state index contributed by atoms with van der Waals surface area (Å²) in [6, 6.07) is 0. The van der Waals surface area contributed by atoms with E-state index in [4.69, 9.17) is 4.42 Å². The maximum atomic E-state index is 5.47. The molecule has 2 rings (SSSR count). The van der Waals surface area contributed by atoms with Gasteiger partial charge in [-0.25, -0.2) is 4.98 Å². The lowest BCUT2D eigenvalue weighted by molar-refractivity contribution is 0.445. The predicted molar refractivity (Wildman–Crippen MR) is 62.2 cm³/mol. The SMILES string of the molecule is CCn1cnnc1CNCc1nc(C)c(C)o1. The van der Waals surface area contributed by atoms with Crippen molar-refractivity contribution in [2.75, 3.05) is 0 Å². The third-order valence-corrected chi connectivity index (χ3v) is 2.67. The molecule has 2 aromatic heterocycles. The monoisotopic (exact) mass is 235 g/mol. The summed E-state index contributed by atoms with van der Waals surface area (Å²) in [6.45, 7) is 8.06. The molecule has 0 atom stereocenters. The van der Waals surface area contributed by atoms with E-state index in [0.29, 0.717) is 19.0 Å². The van der Waals surface area contributed by atoms with Gasteiger partial charge >= 0.3 is 0 Å². The predicted octanol–water partition coefficient (Wildman–Crippen LogP) is 1.19. The van der Waals surface area contributed by atoms with E-state index in [1.54, 1.807) is 6.33 Å². The van der Waals surface area contributed by atoms with Crippen LogP contribution >= 0.6 is 0 Å². The molecule has 17 heavy (non-hydrogen) atoms. The van der Waals surface area contributed by atoms with Crippen molar-refractivity contribution in [3.8, 4) is 0 Å². The molecule has 6 heteroatoms. The van der Waals surface area contributed by atoms with Gasteiger partial charge in [0, 0.05) is 6.54 Å². The summed E-state index contributed by atoms with van der Waals surface area (Å²) in [5, 5.41) is 11.2. The zero-order valence-corrected chi connectivity index (χ0v) is 10.4. The zero-order chi connectivity index (χ0) is 12.3. The van der Waals surface area contributed by atoms with Crippen LogP contribution in [0.3, 0.4) is 0 Å². The van der Waals surface area contributed by atoms with Crippen molar-refractivity contribution in [1.29, 1.82) is 0 Å². The summed E-state index contributed by atoms with van der Waals surface area (Å²) in [6.07, 6.45) is 1.73. The summed E-state index contributed by atoms with van der Waals surface area (Å²) in [5.74, 6) is 2.51. The van der Waals surface area contributed by atoms with Gasteiger partial charge in [-0.1, -0.05) is 0 Å². The van der Waals surface area contributed by atoms with E-state index in [2.05, 4.69) is 27.4 Å².